The van der Waals surface area contributed by atoms with Crippen molar-refractivity contribution in [1.82, 2.24) is 5.32 Å². The zero-order valence-corrected chi connectivity index (χ0v) is 17.8. The van der Waals surface area contributed by atoms with Crippen molar-refractivity contribution in [3.63, 3.8) is 0 Å². The summed E-state index contributed by atoms with van der Waals surface area (Å²) in [5.74, 6) is 0.461. The topological polar surface area (TPSA) is 44.8 Å². The first kappa shape index (κ1) is 20.0. The van der Waals surface area contributed by atoms with E-state index in [1.54, 1.807) is 4.90 Å². The van der Waals surface area contributed by atoms with Crippen molar-refractivity contribution in [2.45, 2.75) is 6.42 Å². The van der Waals surface area contributed by atoms with E-state index in [0.717, 1.165) is 51.5 Å². The zero-order valence-electron chi connectivity index (χ0n) is 16.2. The lowest BCUT2D eigenvalue weighted by Crippen LogP contribution is -2.41. The second kappa shape index (κ2) is 8.61. The van der Waals surface area contributed by atoms with Gasteiger partial charge in [-0.1, -0.05) is 24.8 Å². The summed E-state index contributed by atoms with van der Waals surface area (Å²) in [5.41, 5.74) is 4.03. The van der Waals surface area contributed by atoms with Gasteiger partial charge in [-0.25, -0.2) is 0 Å². The normalized spacial score (nSPS) is 19.7. The molecule has 3 heterocycles. The van der Waals surface area contributed by atoms with Gasteiger partial charge in [-0.15, -0.1) is 11.3 Å². The number of morpholine rings is 1. The number of carbonyl (C=O) groups is 1. The molecule has 1 aromatic heterocycles. The Labute approximate surface area is 180 Å². The summed E-state index contributed by atoms with van der Waals surface area (Å²) in [5, 5.41) is 3.44. The Hall–Kier alpha value is -2.28. The Bertz CT molecular complexity index is 924. The van der Waals surface area contributed by atoms with E-state index < -0.39 is 0 Å². The van der Waals surface area contributed by atoms with E-state index in [0.29, 0.717) is 19.1 Å². The van der Waals surface area contributed by atoms with Gasteiger partial charge in [-0.3, -0.25) is 4.79 Å². The summed E-state index contributed by atoms with van der Waals surface area (Å²) >= 11 is 7.54. The molecule has 0 radical (unpaired) electrons. The monoisotopic (exact) mass is 429 g/mol. The fraction of sp³-hybridized carbons (Fsp3) is 0.318. The molecule has 7 heteroatoms. The number of nitrogens with zero attached hydrogens (tertiary/aromatic N) is 2. The van der Waals surface area contributed by atoms with Crippen molar-refractivity contribution in [2.75, 3.05) is 42.6 Å². The third kappa shape index (κ3) is 4.50. The Morgan fingerprint density at radius 2 is 1.93 bits per heavy atom. The van der Waals surface area contributed by atoms with E-state index in [1.165, 1.54) is 11.3 Å². The number of benzene rings is 1. The van der Waals surface area contributed by atoms with E-state index in [-0.39, 0.29) is 12.5 Å². The van der Waals surface area contributed by atoms with Crippen LogP contribution in [0.1, 0.15) is 11.3 Å². The molecule has 1 atom stereocenters. The molecule has 0 saturated carbocycles. The predicted molar refractivity (Wildman–Crippen MR) is 121 cm³/mol. The van der Waals surface area contributed by atoms with E-state index in [1.807, 2.05) is 24.3 Å². The molecule has 2 saturated heterocycles. The molecule has 29 heavy (non-hydrogen) atoms. The van der Waals surface area contributed by atoms with Gasteiger partial charge in [0, 0.05) is 42.4 Å². The maximum atomic E-state index is 12.0. The molecular weight excluding hydrogens is 406 g/mol. The highest BCUT2D eigenvalue weighted by Crippen LogP contribution is 2.32. The average Bonchev–Trinajstić information content (AvgIpc) is 3.32. The third-order valence-electron chi connectivity index (χ3n) is 5.28. The van der Waals surface area contributed by atoms with E-state index in [2.05, 4.69) is 35.5 Å². The van der Waals surface area contributed by atoms with Gasteiger partial charge in [-0.05, 0) is 48.7 Å². The summed E-state index contributed by atoms with van der Waals surface area (Å²) in [7, 11) is 0. The molecule has 2 aromatic rings. The number of hydrogen-bond donors (Lipinski definition) is 1. The van der Waals surface area contributed by atoms with Crippen LogP contribution in [-0.4, -0.2) is 38.8 Å². The first-order chi connectivity index (χ1) is 14.0. The fourth-order valence-corrected chi connectivity index (χ4v) is 4.74. The van der Waals surface area contributed by atoms with Crippen LogP contribution in [0.25, 0.3) is 5.70 Å². The molecule has 4 rings (SSSR count). The van der Waals surface area contributed by atoms with Gasteiger partial charge in [0.1, 0.15) is 6.61 Å². The van der Waals surface area contributed by atoms with Gasteiger partial charge in [0.15, 0.2) is 0 Å². The van der Waals surface area contributed by atoms with Gasteiger partial charge in [0.2, 0.25) is 0 Å². The number of amides is 1. The Kier molecular flexibility index (Phi) is 5.94. The van der Waals surface area contributed by atoms with Gasteiger partial charge in [0.05, 0.1) is 15.8 Å². The highest BCUT2D eigenvalue weighted by Gasteiger charge is 2.27. The summed E-state index contributed by atoms with van der Waals surface area (Å²) in [4.78, 5) is 17.1. The molecule has 0 spiro atoms. The smallest absolute Gasteiger partial charge is 0.253 e. The van der Waals surface area contributed by atoms with Crippen molar-refractivity contribution in [2.24, 2.45) is 5.92 Å². The van der Waals surface area contributed by atoms with Crippen LogP contribution in [0.3, 0.4) is 0 Å². The Morgan fingerprint density at radius 1 is 1.21 bits per heavy atom. The molecule has 1 aromatic carbocycles. The van der Waals surface area contributed by atoms with Gasteiger partial charge in [-0.2, -0.15) is 0 Å². The molecular formula is C22H24ClN3O2S. The van der Waals surface area contributed by atoms with Gasteiger partial charge in [0.25, 0.3) is 5.91 Å². The molecule has 1 N–H and O–H groups in total. The van der Waals surface area contributed by atoms with Crippen molar-refractivity contribution >= 4 is 45.9 Å². The van der Waals surface area contributed by atoms with Crippen LogP contribution in [0, 0.1) is 5.92 Å². The molecule has 5 nitrogen and oxygen atoms in total. The largest absolute Gasteiger partial charge is 0.384 e. The van der Waals surface area contributed by atoms with Gasteiger partial charge >= 0.3 is 0 Å². The van der Waals surface area contributed by atoms with Crippen molar-refractivity contribution in [3.8, 4) is 0 Å². The fourth-order valence-electron chi connectivity index (χ4n) is 3.75. The molecule has 2 aliphatic rings. The summed E-state index contributed by atoms with van der Waals surface area (Å²) in [6.07, 6.45) is 0.940. The Morgan fingerprint density at radius 3 is 2.59 bits per heavy atom. The number of allylic oxidation sites excluding steroid dienone is 1. The quantitative estimate of drug-likeness (QED) is 0.740. The van der Waals surface area contributed by atoms with Crippen LogP contribution >= 0.6 is 22.9 Å². The SMILES string of the molecule is C=C(NCC1CC(=C)N(c2ccc(N3CCOCC3=O)cc2)C1)c1ccc(Cl)s1. The minimum absolute atomic E-state index is 0.00739. The first-order valence-corrected chi connectivity index (χ1v) is 10.8. The van der Waals surface area contributed by atoms with Crippen LogP contribution in [-0.2, 0) is 9.53 Å². The maximum Gasteiger partial charge on any atom is 0.253 e. The lowest BCUT2D eigenvalue weighted by atomic mass is 10.1. The van der Waals surface area contributed by atoms with E-state index in [4.69, 9.17) is 16.3 Å². The van der Waals surface area contributed by atoms with E-state index in [9.17, 15) is 4.79 Å². The first-order valence-electron chi connectivity index (χ1n) is 9.63. The number of hydrogen-bond acceptors (Lipinski definition) is 5. The number of carbonyl (C=O) groups excluding carboxylic acids is 1. The minimum atomic E-state index is 0.00739. The number of thiophene rings is 1. The number of nitrogens with one attached hydrogen (secondary N) is 1. The highest BCUT2D eigenvalue weighted by molar-refractivity contribution is 7.17. The maximum absolute atomic E-state index is 12.0. The van der Waals surface area contributed by atoms with Crippen LogP contribution < -0.4 is 15.1 Å². The molecule has 2 aliphatic heterocycles. The molecule has 2 fully saturated rings. The average molecular weight is 430 g/mol. The number of halogens is 1. The van der Waals surface area contributed by atoms with Crippen molar-refractivity contribution in [3.05, 3.63) is 64.5 Å². The summed E-state index contributed by atoms with van der Waals surface area (Å²) in [6, 6.07) is 12.0. The standard InChI is InChI=1S/C22H24ClN3O2S/c1-15-11-17(12-24-16(2)20-7-8-21(23)29-20)13-26(15)19-5-3-18(4-6-19)25-9-10-28-14-22(25)27/h3-8,17,24H,1-2,9-14H2. The molecule has 152 valence electrons. The molecule has 0 bridgehead atoms. The number of anilines is 2. The minimum Gasteiger partial charge on any atom is -0.384 e. The van der Waals surface area contributed by atoms with Crippen molar-refractivity contribution < 1.29 is 9.53 Å². The number of ether oxygens (including phenoxy) is 1. The van der Waals surface area contributed by atoms with Gasteiger partial charge < -0.3 is 19.9 Å². The van der Waals surface area contributed by atoms with Crippen LogP contribution in [0.5, 0.6) is 0 Å². The highest BCUT2D eigenvalue weighted by atomic mass is 35.5. The predicted octanol–water partition coefficient (Wildman–Crippen LogP) is 4.37. The van der Waals surface area contributed by atoms with E-state index >= 15 is 0 Å². The zero-order chi connectivity index (χ0) is 20.4. The van der Waals surface area contributed by atoms with Crippen LogP contribution in [0.15, 0.2) is 55.3 Å². The molecule has 1 unspecified atom stereocenters. The summed E-state index contributed by atoms with van der Waals surface area (Å²) in [6.45, 7) is 11.4. The Balaban J connectivity index is 1.35. The third-order valence-corrected chi connectivity index (χ3v) is 6.57. The lowest BCUT2D eigenvalue weighted by Gasteiger charge is -2.27. The number of rotatable bonds is 6. The van der Waals surface area contributed by atoms with Crippen LogP contribution in [0.4, 0.5) is 11.4 Å². The second-order valence-corrected chi connectivity index (χ2v) is 9.04. The second-order valence-electron chi connectivity index (χ2n) is 7.32. The van der Waals surface area contributed by atoms with Crippen molar-refractivity contribution in [1.29, 1.82) is 0 Å². The molecule has 0 aliphatic carbocycles. The lowest BCUT2D eigenvalue weighted by molar-refractivity contribution is -0.125. The molecule has 1 amide bonds. The van der Waals surface area contributed by atoms with Crippen LogP contribution in [0.2, 0.25) is 4.34 Å². The summed E-state index contributed by atoms with van der Waals surface area (Å²) < 4.78 is 5.97.